The average molecular weight is 252 g/mol. The quantitative estimate of drug-likeness (QED) is 0.697. The highest BCUT2D eigenvalue weighted by molar-refractivity contribution is 6.57. The third-order valence-corrected chi connectivity index (χ3v) is 3.11. The van der Waals surface area contributed by atoms with E-state index in [1.165, 1.54) is 5.56 Å². The van der Waals surface area contributed by atoms with Crippen molar-refractivity contribution in [1.29, 1.82) is 0 Å². The second-order valence-electron chi connectivity index (χ2n) is 4.56. The molecule has 0 unspecified atom stereocenters. The average Bonchev–Trinajstić information content (AvgIpc) is 2.83. The van der Waals surface area contributed by atoms with Crippen molar-refractivity contribution in [2.24, 2.45) is 0 Å². The highest BCUT2D eigenvalue weighted by atomic mass is 16.4. The predicted octanol–water partition coefficient (Wildman–Crippen LogP) is 1.70. The molecule has 3 nitrogen and oxygen atoms in total. The summed E-state index contributed by atoms with van der Waals surface area (Å²) in [5, 5.41) is 19.1. The molecule has 3 aromatic rings. The summed E-state index contributed by atoms with van der Waals surface area (Å²) in [7, 11) is -1.56. The van der Waals surface area contributed by atoms with E-state index in [-0.39, 0.29) is 5.66 Å². The maximum atomic E-state index is 9.09. The number of rotatable bonds is 3. The van der Waals surface area contributed by atoms with Crippen molar-refractivity contribution in [2.45, 2.75) is 6.42 Å². The number of hydrogen-bond donors (Lipinski definition) is 2. The number of benzene rings is 2. The second kappa shape index (κ2) is 4.92. The smallest absolute Gasteiger partial charge is 0.465 e. The number of hydrogen-bond acceptors (Lipinski definition) is 3. The van der Waals surface area contributed by atoms with E-state index in [4.69, 9.17) is 14.5 Å². The van der Waals surface area contributed by atoms with Gasteiger partial charge >= 0.3 is 7.12 Å². The first kappa shape index (κ1) is 12.0. The zero-order chi connectivity index (χ0) is 13.2. The number of furan rings is 1. The molecule has 0 aliphatic rings. The summed E-state index contributed by atoms with van der Waals surface area (Å²) in [6.07, 6.45) is 0.828. The molecular formula is C15H13BO3. The van der Waals surface area contributed by atoms with E-state index >= 15 is 0 Å². The Morgan fingerprint density at radius 3 is 2.42 bits per heavy atom. The molecule has 4 heteroatoms. The molecule has 19 heavy (non-hydrogen) atoms. The Morgan fingerprint density at radius 2 is 1.68 bits per heavy atom. The van der Waals surface area contributed by atoms with Crippen molar-refractivity contribution in [3.63, 3.8) is 0 Å². The third kappa shape index (κ3) is 2.55. The van der Waals surface area contributed by atoms with Crippen LogP contribution in [0.15, 0.2) is 59.0 Å². The van der Waals surface area contributed by atoms with E-state index < -0.39 is 7.12 Å². The highest BCUT2D eigenvalue weighted by Crippen LogP contribution is 2.18. The van der Waals surface area contributed by atoms with Crippen molar-refractivity contribution in [3.05, 3.63) is 65.7 Å². The van der Waals surface area contributed by atoms with Crippen LogP contribution in [-0.4, -0.2) is 17.2 Å². The lowest BCUT2D eigenvalue weighted by atomic mass is 9.88. The molecule has 94 valence electrons. The van der Waals surface area contributed by atoms with Crippen molar-refractivity contribution >= 4 is 23.7 Å². The van der Waals surface area contributed by atoms with Crippen LogP contribution >= 0.6 is 0 Å². The van der Waals surface area contributed by atoms with Crippen LogP contribution in [0.4, 0.5) is 0 Å². The fourth-order valence-electron chi connectivity index (χ4n) is 2.16. The van der Waals surface area contributed by atoms with Crippen molar-refractivity contribution in [3.8, 4) is 0 Å². The maximum absolute atomic E-state index is 9.09. The Hall–Kier alpha value is -2.04. The molecule has 0 saturated heterocycles. The second-order valence-corrected chi connectivity index (χ2v) is 4.56. The highest BCUT2D eigenvalue weighted by Gasteiger charge is 2.16. The van der Waals surface area contributed by atoms with Crippen molar-refractivity contribution in [1.82, 2.24) is 0 Å². The zero-order valence-corrected chi connectivity index (χ0v) is 10.3. The van der Waals surface area contributed by atoms with Gasteiger partial charge in [0.05, 0.1) is 0 Å². The van der Waals surface area contributed by atoms with Crippen LogP contribution in [0.5, 0.6) is 0 Å². The fourth-order valence-corrected chi connectivity index (χ4v) is 2.16. The van der Waals surface area contributed by atoms with Gasteiger partial charge in [-0.15, -0.1) is 0 Å². The third-order valence-electron chi connectivity index (χ3n) is 3.11. The van der Waals surface area contributed by atoms with E-state index in [1.807, 2.05) is 36.4 Å². The molecule has 0 aliphatic carbocycles. The molecule has 2 aromatic carbocycles. The minimum atomic E-state index is -1.56. The first-order chi connectivity index (χ1) is 9.22. The van der Waals surface area contributed by atoms with Crippen LogP contribution in [-0.2, 0) is 6.42 Å². The van der Waals surface area contributed by atoms with Crippen LogP contribution in [0, 0.1) is 0 Å². The van der Waals surface area contributed by atoms with Gasteiger partial charge in [0.2, 0.25) is 0 Å². The van der Waals surface area contributed by atoms with Gasteiger partial charge in [0.25, 0.3) is 0 Å². The van der Waals surface area contributed by atoms with Gasteiger partial charge in [-0.25, -0.2) is 0 Å². The Kier molecular flexibility index (Phi) is 3.11. The molecule has 1 heterocycles. The summed E-state index contributed by atoms with van der Waals surface area (Å²) < 4.78 is 5.41. The van der Waals surface area contributed by atoms with Crippen LogP contribution in [0.3, 0.4) is 0 Å². The molecule has 0 bridgehead atoms. The normalized spacial score (nSPS) is 10.8. The lowest BCUT2D eigenvalue weighted by Gasteiger charge is -2.01. The van der Waals surface area contributed by atoms with Gasteiger partial charge in [0, 0.05) is 5.39 Å². The first-order valence-corrected chi connectivity index (χ1v) is 6.15. The fraction of sp³-hybridized carbons (Fsp3) is 0.0667. The lowest BCUT2D eigenvalue weighted by Crippen LogP contribution is -2.27. The SMILES string of the molecule is OB(O)c1cc2ccc(Cc3ccccc3)cc2o1. The maximum Gasteiger partial charge on any atom is 0.526 e. The standard InChI is InChI=1S/C15H13BO3/c17-16(18)15-10-13-7-6-12(9-14(13)19-15)8-11-4-2-1-3-5-11/h1-7,9-10,17-18H,8H2. The molecule has 0 amide bonds. The molecule has 3 rings (SSSR count). The van der Waals surface area contributed by atoms with Gasteiger partial charge in [0.1, 0.15) is 11.2 Å². The molecule has 2 N–H and O–H groups in total. The minimum absolute atomic E-state index is 0.173. The summed E-state index contributed by atoms with van der Waals surface area (Å²) in [4.78, 5) is 0. The summed E-state index contributed by atoms with van der Waals surface area (Å²) in [5.41, 5.74) is 3.21. The number of fused-ring (bicyclic) bond motifs is 1. The molecule has 1 aromatic heterocycles. The van der Waals surface area contributed by atoms with E-state index in [1.54, 1.807) is 6.07 Å². The molecule has 0 aliphatic heterocycles. The van der Waals surface area contributed by atoms with Crippen molar-refractivity contribution < 1.29 is 14.5 Å². The molecule has 0 fully saturated rings. The molecular weight excluding hydrogens is 239 g/mol. The van der Waals surface area contributed by atoms with Crippen LogP contribution < -0.4 is 5.66 Å². The monoisotopic (exact) mass is 252 g/mol. The van der Waals surface area contributed by atoms with Crippen LogP contribution in [0.25, 0.3) is 11.0 Å². The van der Waals surface area contributed by atoms with Gasteiger partial charge in [-0.05, 0) is 29.7 Å². The Balaban J connectivity index is 1.93. The summed E-state index contributed by atoms with van der Waals surface area (Å²) in [5.74, 6) is 0. The van der Waals surface area contributed by atoms with E-state index in [9.17, 15) is 0 Å². The van der Waals surface area contributed by atoms with Crippen LogP contribution in [0.1, 0.15) is 11.1 Å². The van der Waals surface area contributed by atoms with Gasteiger partial charge in [-0.3, -0.25) is 0 Å². The van der Waals surface area contributed by atoms with Gasteiger partial charge in [-0.2, -0.15) is 0 Å². The Bertz CT molecular complexity index is 689. The van der Waals surface area contributed by atoms with Crippen LogP contribution in [0.2, 0.25) is 0 Å². The van der Waals surface area contributed by atoms with Gasteiger partial charge in [0.15, 0.2) is 0 Å². The zero-order valence-electron chi connectivity index (χ0n) is 10.3. The summed E-state index contributed by atoms with van der Waals surface area (Å²) >= 11 is 0. The van der Waals surface area contributed by atoms with Crippen molar-refractivity contribution in [2.75, 3.05) is 0 Å². The Labute approximate surface area is 111 Å². The van der Waals surface area contributed by atoms with Gasteiger partial charge in [-0.1, -0.05) is 42.5 Å². The van der Waals surface area contributed by atoms with Gasteiger partial charge < -0.3 is 14.5 Å². The summed E-state index contributed by atoms with van der Waals surface area (Å²) in [6, 6.07) is 17.7. The van der Waals surface area contributed by atoms with E-state index in [0.717, 1.165) is 17.4 Å². The summed E-state index contributed by atoms with van der Waals surface area (Å²) in [6.45, 7) is 0. The predicted molar refractivity (Wildman–Crippen MR) is 75.3 cm³/mol. The molecule has 0 atom stereocenters. The largest absolute Gasteiger partial charge is 0.526 e. The Morgan fingerprint density at radius 1 is 0.895 bits per heavy atom. The first-order valence-electron chi connectivity index (χ1n) is 6.15. The minimum Gasteiger partial charge on any atom is -0.465 e. The molecule has 0 saturated carbocycles. The molecule has 0 radical (unpaired) electrons. The lowest BCUT2D eigenvalue weighted by molar-refractivity contribution is 0.412. The topological polar surface area (TPSA) is 53.6 Å². The van der Waals surface area contributed by atoms with E-state index in [2.05, 4.69) is 12.1 Å². The van der Waals surface area contributed by atoms with E-state index in [0.29, 0.717) is 5.58 Å². The molecule has 0 spiro atoms.